The molecule has 2 aliphatic heterocycles. The van der Waals surface area contributed by atoms with E-state index in [9.17, 15) is 24.3 Å². The van der Waals surface area contributed by atoms with Crippen LogP contribution in [0.3, 0.4) is 0 Å². The van der Waals surface area contributed by atoms with Gasteiger partial charge in [0.1, 0.15) is 18.4 Å². The van der Waals surface area contributed by atoms with Crippen molar-refractivity contribution in [3.63, 3.8) is 0 Å². The molecule has 0 bridgehead atoms. The highest BCUT2D eigenvalue weighted by atomic mass is 32.2. The van der Waals surface area contributed by atoms with Gasteiger partial charge in [0.25, 0.3) is 6.47 Å². The molecule has 0 spiro atoms. The number of carboxylic acid groups (broad SMARTS) is 1. The number of ether oxygens (including phenoxy) is 2. The van der Waals surface area contributed by atoms with Gasteiger partial charge in [-0.3, -0.25) is 9.59 Å². The first kappa shape index (κ1) is 19.0. The Balaban J connectivity index is 2.07. The van der Waals surface area contributed by atoms with Crippen LogP contribution in [0, 0.1) is 5.92 Å². The highest BCUT2D eigenvalue weighted by Gasteiger charge is 2.57. The molecule has 136 valence electrons. The van der Waals surface area contributed by atoms with E-state index in [-0.39, 0.29) is 31.4 Å². The first-order valence-corrected chi connectivity index (χ1v) is 8.39. The molecule has 0 unspecified atom stereocenters. The molecule has 0 aromatic rings. The Morgan fingerprint density at radius 1 is 1.52 bits per heavy atom. The van der Waals surface area contributed by atoms with Crippen LogP contribution in [0.1, 0.15) is 13.3 Å². The summed E-state index contributed by atoms with van der Waals surface area (Å²) >= 11 is 1.04. The van der Waals surface area contributed by atoms with Crippen LogP contribution in [-0.2, 0) is 28.7 Å². The summed E-state index contributed by atoms with van der Waals surface area (Å²) in [5.74, 6) is -2.77. The van der Waals surface area contributed by atoms with Crippen LogP contribution in [0.2, 0.25) is 0 Å². The fourth-order valence-corrected chi connectivity index (χ4v) is 3.78. The van der Waals surface area contributed by atoms with Crippen molar-refractivity contribution >= 4 is 36.1 Å². The average molecular weight is 370 g/mol. The van der Waals surface area contributed by atoms with Gasteiger partial charge in [-0.25, -0.2) is 9.59 Å². The molecule has 2 aliphatic rings. The van der Waals surface area contributed by atoms with Crippen LogP contribution in [0.4, 0.5) is 0 Å². The zero-order valence-corrected chi connectivity index (χ0v) is 14.2. The molecule has 0 aliphatic carbocycles. The molecule has 0 aromatic carbocycles. The molecule has 0 aromatic heterocycles. The summed E-state index contributed by atoms with van der Waals surface area (Å²) in [5.41, 5.74) is 5.11. The van der Waals surface area contributed by atoms with Gasteiger partial charge in [0.2, 0.25) is 5.91 Å². The maximum absolute atomic E-state index is 12.2. The third-order valence-corrected chi connectivity index (χ3v) is 4.84. The summed E-state index contributed by atoms with van der Waals surface area (Å²) in [6.07, 6.45) is 0.851. The minimum atomic E-state index is -1.22. The fraction of sp³-hybridized carbons (Fsp3) is 0.467. The Kier molecular flexibility index (Phi) is 6.21. The van der Waals surface area contributed by atoms with E-state index in [0.29, 0.717) is 11.3 Å². The van der Waals surface area contributed by atoms with Crippen LogP contribution >= 0.6 is 11.8 Å². The molecule has 10 heteroatoms. The SMILES string of the molecule is C[C@@H](OC=O)[C@H]1C(=O)N2C(C(=O)O)=C(SC=CC(=O)OCCN)C[C@H]12. The highest BCUT2D eigenvalue weighted by Crippen LogP contribution is 2.47. The van der Waals surface area contributed by atoms with Crippen molar-refractivity contribution < 1.29 is 33.8 Å². The smallest absolute Gasteiger partial charge is 0.353 e. The minimum absolute atomic E-state index is 0.0948. The van der Waals surface area contributed by atoms with E-state index in [4.69, 9.17) is 15.2 Å². The summed E-state index contributed by atoms with van der Waals surface area (Å²) in [6.45, 7) is 2.17. The molecule has 0 radical (unpaired) electrons. The first-order valence-electron chi connectivity index (χ1n) is 7.51. The number of fused-ring (bicyclic) bond motifs is 1. The maximum Gasteiger partial charge on any atom is 0.353 e. The Morgan fingerprint density at radius 3 is 2.84 bits per heavy atom. The molecule has 1 fully saturated rings. The van der Waals surface area contributed by atoms with Gasteiger partial charge in [-0.1, -0.05) is 11.8 Å². The number of hydrogen-bond acceptors (Lipinski definition) is 8. The normalized spacial score (nSPS) is 23.3. The van der Waals surface area contributed by atoms with Crippen molar-refractivity contribution in [3.05, 3.63) is 22.1 Å². The number of hydrogen-bond donors (Lipinski definition) is 2. The maximum atomic E-state index is 12.2. The molecular weight excluding hydrogens is 352 g/mol. The number of carboxylic acids is 1. The number of β-lactam (4-membered cyclic amide) rings is 1. The van der Waals surface area contributed by atoms with Crippen molar-refractivity contribution in [1.82, 2.24) is 4.90 Å². The monoisotopic (exact) mass is 370 g/mol. The largest absolute Gasteiger partial charge is 0.477 e. The number of carbonyl (C=O) groups excluding carboxylic acids is 3. The predicted octanol–water partition coefficient (Wildman–Crippen LogP) is -0.176. The number of nitrogens with zero attached hydrogens (tertiary/aromatic N) is 1. The van der Waals surface area contributed by atoms with E-state index < -0.39 is 29.9 Å². The Hall–Kier alpha value is -2.33. The molecule has 2 heterocycles. The van der Waals surface area contributed by atoms with Gasteiger partial charge in [-0.2, -0.15) is 0 Å². The lowest BCUT2D eigenvalue weighted by molar-refractivity contribution is -0.165. The van der Waals surface area contributed by atoms with Gasteiger partial charge >= 0.3 is 11.9 Å². The summed E-state index contributed by atoms with van der Waals surface area (Å²) in [5, 5.41) is 10.8. The molecule has 1 saturated heterocycles. The van der Waals surface area contributed by atoms with Gasteiger partial charge in [-0.15, -0.1) is 0 Å². The summed E-state index contributed by atoms with van der Waals surface area (Å²) in [6, 6.07) is -0.367. The van der Waals surface area contributed by atoms with E-state index in [2.05, 4.69) is 0 Å². The second-order valence-corrected chi connectivity index (χ2v) is 6.40. The molecule has 25 heavy (non-hydrogen) atoms. The van der Waals surface area contributed by atoms with E-state index in [1.807, 2.05) is 0 Å². The van der Waals surface area contributed by atoms with Crippen LogP contribution in [-0.4, -0.2) is 59.6 Å². The van der Waals surface area contributed by atoms with E-state index in [1.54, 1.807) is 6.92 Å². The van der Waals surface area contributed by atoms with E-state index in [1.165, 1.54) is 16.4 Å². The third-order valence-electron chi connectivity index (χ3n) is 3.92. The zero-order chi connectivity index (χ0) is 18.6. The van der Waals surface area contributed by atoms with Crippen molar-refractivity contribution in [1.29, 1.82) is 0 Å². The second kappa shape index (κ2) is 8.17. The lowest BCUT2D eigenvalue weighted by Crippen LogP contribution is -2.62. The number of carbonyl (C=O) groups is 4. The Labute approximate surface area is 147 Å². The van der Waals surface area contributed by atoms with Gasteiger partial charge in [0.15, 0.2) is 0 Å². The first-order chi connectivity index (χ1) is 11.9. The fourth-order valence-electron chi connectivity index (χ4n) is 2.87. The molecular formula is C15H18N2O7S. The minimum Gasteiger partial charge on any atom is -0.477 e. The number of nitrogens with two attached hydrogens (primary N) is 1. The highest BCUT2D eigenvalue weighted by molar-refractivity contribution is 8.05. The standard InChI is InChI=1S/C15H18N2O7S/c1-8(24-7-18)12-9-6-10(13(15(21)22)17(9)14(12)20)25-5-2-11(19)23-4-3-16/h2,5,7-9,12H,3-4,6,16H2,1H3,(H,21,22)/t8-,9-,12-/m1/s1. The quantitative estimate of drug-likeness (QED) is 0.245. The number of esters is 1. The van der Waals surface area contributed by atoms with Crippen LogP contribution in [0.5, 0.6) is 0 Å². The zero-order valence-electron chi connectivity index (χ0n) is 13.4. The van der Waals surface area contributed by atoms with Gasteiger partial charge < -0.3 is 25.2 Å². The Bertz CT molecular complexity index is 646. The molecule has 0 saturated carbocycles. The summed E-state index contributed by atoms with van der Waals surface area (Å²) in [7, 11) is 0. The van der Waals surface area contributed by atoms with Crippen LogP contribution in [0.25, 0.3) is 0 Å². The van der Waals surface area contributed by atoms with Crippen molar-refractivity contribution in [3.8, 4) is 0 Å². The lowest BCUT2D eigenvalue weighted by atomic mass is 9.83. The summed E-state index contributed by atoms with van der Waals surface area (Å²) < 4.78 is 9.59. The molecule has 1 amide bonds. The molecule has 2 rings (SSSR count). The molecule has 3 atom stereocenters. The second-order valence-electron chi connectivity index (χ2n) is 5.40. The van der Waals surface area contributed by atoms with Crippen LogP contribution in [0.15, 0.2) is 22.1 Å². The van der Waals surface area contributed by atoms with Gasteiger partial charge in [-0.05, 0) is 12.3 Å². The van der Waals surface area contributed by atoms with Crippen LogP contribution < -0.4 is 5.73 Å². The van der Waals surface area contributed by atoms with Crippen molar-refractivity contribution in [2.45, 2.75) is 25.5 Å². The topological polar surface area (TPSA) is 136 Å². The third kappa shape index (κ3) is 3.85. The lowest BCUT2D eigenvalue weighted by Gasteiger charge is -2.45. The van der Waals surface area contributed by atoms with E-state index >= 15 is 0 Å². The van der Waals surface area contributed by atoms with Crippen molar-refractivity contribution in [2.24, 2.45) is 11.7 Å². The van der Waals surface area contributed by atoms with Gasteiger partial charge in [0.05, 0.1) is 12.0 Å². The number of rotatable bonds is 9. The number of thioether (sulfide) groups is 1. The number of amides is 1. The van der Waals surface area contributed by atoms with E-state index in [0.717, 1.165) is 11.8 Å². The van der Waals surface area contributed by atoms with Gasteiger partial charge in [0, 0.05) is 23.9 Å². The number of aliphatic carboxylic acids is 1. The van der Waals surface area contributed by atoms with Crippen molar-refractivity contribution in [2.75, 3.05) is 13.2 Å². The summed E-state index contributed by atoms with van der Waals surface area (Å²) in [4.78, 5) is 47.2. The molecule has 3 N–H and O–H groups in total. The average Bonchev–Trinajstić information content (AvgIpc) is 2.88. The molecule has 9 nitrogen and oxygen atoms in total. The predicted molar refractivity (Wildman–Crippen MR) is 86.8 cm³/mol. The Morgan fingerprint density at radius 2 is 2.24 bits per heavy atom.